The highest BCUT2D eigenvalue weighted by Crippen LogP contribution is 2.41. The second-order valence-electron chi connectivity index (χ2n) is 8.95. The molecule has 6 nitrogen and oxygen atoms in total. The average Bonchev–Trinajstić information content (AvgIpc) is 3.34. The first kappa shape index (κ1) is 21.6. The van der Waals surface area contributed by atoms with E-state index in [1.165, 1.54) is 6.42 Å². The van der Waals surface area contributed by atoms with Crippen molar-refractivity contribution in [2.45, 2.75) is 52.2 Å². The van der Waals surface area contributed by atoms with E-state index in [1.54, 1.807) is 25.3 Å². The molecule has 1 saturated heterocycles. The van der Waals surface area contributed by atoms with Gasteiger partial charge in [0.05, 0.1) is 18.2 Å². The van der Waals surface area contributed by atoms with E-state index in [9.17, 15) is 9.90 Å². The van der Waals surface area contributed by atoms with Crippen LogP contribution in [0, 0.1) is 0 Å². The molecule has 2 aromatic carbocycles. The van der Waals surface area contributed by atoms with Crippen LogP contribution in [-0.2, 0) is 13.1 Å². The lowest BCUT2D eigenvalue weighted by Gasteiger charge is -2.33. The van der Waals surface area contributed by atoms with Gasteiger partial charge in [-0.05, 0) is 69.6 Å². The summed E-state index contributed by atoms with van der Waals surface area (Å²) in [7, 11) is 1.65. The van der Waals surface area contributed by atoms with Gasteiger partial charge in [0.25, 0.3) is 0 Å². The van der Waals surface area contributed by atoms with Gasteiger partial charge in [-0.3, -0.25) is 9.69 Å². The van der Waals surface area contributed by atoms with E-state index in [0.29, 0.717) is 29.5 Å². The summed E-state index contributed by atoms with van der Waals surface area (Å²) in [6, 6.07) is 9.67. The molecule has 1 N–H and O–H groups in total. The van der Waals surface area contributed by atoms with Gasteiger partial charge in [0.2, 0.25) is 5.78 Å². The number of nitrogens with zero attached hydrogens (tertiary/aromatic N) is 2. The minimum atomic E-state index is -0.154. The quantitative estimate of drug-likeness (QED) is 0.534. The minimum Gasteiger partial charge on any atom is -0.507 e. The Morgan fingerprint density at radius 1 is 1.24 bits per heavy atom. The zero-order chi connectivity index (χ0) is 23.1. The molecule has 0 unspecified atom stereocenters. The number of aryl methyl sites for hydroxylation is 1. The molecule has 1 fully saturated rings. The van der Waals surface area contributed by atoms with Gasteiger partial charge in [0.15, 0.2) is 5.76 Å². The summed E-state index contributed by atoms with van der Waals surface area (Å²) in [5.41, 5.74) is 3.18. The second-order valence-corrected chi connectivity index (χ2v) is 8.95. The summed E-state index contributed by atoms with van der Waals surface area (Å²) in [4.78, 5) is 15.6. The molecular weight excluding hydrogens is 416 g/mol. The number of carbonyl (C=O) groups is 1. The number of allylic oxidation sites excluding steroid dienone is 1. The molecule has 1 aromatic heterocycles. The van der Waals surface area contributed by atoms with Crippen LogP contribution < -0.4 is 9.47 Å². The predicted octanol–water partition coefficient (Wildman–Crippen LogP) is 5.37. The lowest BCUT2D eigenvalue weighted by atomic mass is 10.0. The van der Waals surface area contributed by atoms with E-state index < -0.39 is 0 Å². The summed E-state index contributed by atoms with van der Waals surface area (Å²) < 4.78 is 13.7. The van der Waals surface area contributed by atoms with Crippen molar-refractivity contribution in [3.8, 4) is 17.2 Å². The molecule has 0 radical (unpaired) electrons. The number of piperidine rings is 1. The molecule has 172 valence electrons. The third-order valence-electron chi connectivity index (χ3n) is 6.96. The Morgan fingerprint density at radius 3 is 2.85 bits per heavy atom. The van der Waals surface area contributed by atoms with E-state index in [2.05, 4.69) is 23.3 Å². The van der Waals surface area contributed by atoms with E-state index >= 15 is 0 Å². The molecule has 2 aliphatic heterocycles. The molecule has 0 amide bonds. The van der Waals surface area contributed by atoms with Crippen molar-refractivity contribution in [1.82, 2.24) is 9.47 Å². The normalized spacial score (nSPS) is 19.8. The molecule has 0 spiro atoms. The number of methoxy groups -OCH3 is 1. The third kappa shape index (κ3) is 3.78. The molecule has 2 aliphatic rings. The fraction of sp³-hybridized carbons (Fsp3) is 0.370. The first-order chi connectivity index (χ1) is 16.0. The Kier molecular flexibility index (Phi) is 5.62. The summed E-state index contributed by atoms with van der Waals surface area (Å²) in [5, 5.41) is 11.6. The molecule has 1 atom stereocenters. The first-order valence-electron chi connectivity index (χ1n) is 11.7. The van der Waals surface area contributed by atoms with Gasteiger partial charge in [-0.1, -0.05) is 6.42 Å². The lowest BCUT2D eigenvalue weighted by molar-refractivity contribution is 0.101. The molecule has 0 aliphatic carbocycles. The van der Waals surface area contributed by atoms with Crippen molar-refractivity contribution < 1.29 is 19.4 Å². The average molecular weight is 447 g/mol. The van der Waals surface area contributed by atoms with Gasteiger partial charge < -0.3 is 19.1 Å². The Hall–Kier alpha value is -3.25. The van der Waals surface area contributed by atoms with Gasteiger partial charge >= 0.3 is 0 Å². The number of ether oxygens (including phenoxy) is 2. The van der Waals surface area contributed by atoms with Gasteiger partial charge in [0.1, 0.15) is 17.2 Å². The fourth-order valence-corrected chi connectivity index (χ4v) is 4.99. The van der Waals surface area contributed by atoms with Gasteiger partial charge in [-0.15, -0.1) is 0 Å². The van der Waals surface area contributed by atoms with Crippen LogP contribution in [0.5, 0.6) is 17.2 Å². The fourth-order valence-electron chi connectivity index (χ4n) is 4.99. The number of rotatable bonds is 5. The number of aromatic nitrogens is 1. The summed E-state index contributed by atoms with van der Waals surface area (Å²) in [6.45, 7) is 6.67. The van der Waals surface area contributed by atoms with Gasteiger partial charge in [-0.25, -0.2) is 0 Å². The molecule has 6 heteroatoms. The standard InChI is InChI=1S/C27H30N2O4/c1-4-28-15-18(21-14-19(32-3)8-10-23(21)28)13-25-26(31)20-9-11-24(30)22(27(20)33-25)16-29-12-6-5-7-17(29)2/h8-11,13-15,17,30H,4-7,12,16H2,1-3H3/b25-13-/t17-/m0/s1. The van der Waals surface area contributed by atoms with Crippen LogP contribution in [0.4, 0.5) is 0 Å². The maximum atomic E-state index is 13.2. The maximum absolute atomic E-state index is 13.2. The van der Waals surface area contributed by atoms with Crippen LogP contribution in [0.1, 0.15) is 54.6 Å². The van der Waals surface area contributed by atoms with Crippen molar-refractivity contribution in [3.05, 3.63) is 59.0 Å². The number of aromatic hydroxyl groups is 1. The van der Waals surface area contributed by atoms with E-state index in [1.807, 2.05) is 24.4 Å². The number of phenols is 1. The number of benzene rings is 2. The van der Waals surface area contributed by atoms with E-state index in [4.69, 9.17) is 9.47 Å². The molecule has 33 heavy (non-hydrogen) atoms. The summed E-state index contributed by atoms with van der Waals surface area (Å²) in [6.07, 6.45) is 7.36. The van der Waals surface area contributed by atoms with Crippen molar-refractivity contribution in [1.29, 1.82) is 0 Å². The smallest absolute Gasteiger partial charge is 0.231 e. The van der Waals surface area contributed by atoms with Crippen molar-refractivity contribution in [2.24, 2.45) is 0 Å². The van der Waals surface area contributed by atoms with Crippen LogP contribution >= 0.6 is 0 Å². The molecule has 0 saturated carbocycles. The molecule has 0 bridgehead atoms. The number of carbonyl (C=O) groups excluding carboxylic acids is 1. The number of Topliss-reactive ketones (excluding diaryl/α,β-unsaturated/α-hetero) is 1. The third-order valence-corrected chi connectivity index (χ3v) is 6.96. The van der Waals surface area contributed by atoms with Crippen molar-refractivity contribution >= 4 is 22.8 Å². The van der Waals surface area contributed by atoms with Crippen LogP contribution in [0.2, 0.25) is 0 Å². The highest BCUT2D eigenvalue weighted by Gasteiger charge is 2.32. The number of phenolic OH excluding ortho intramolecular Hbond substituents is 1. The Balaban J connectivity index is 1.53. The minimum absolute atomic E-state index is 0.154. The van der Waals surface area contributed by atoms with E-state index in [-0.39, 0.29) is 17.3 Å². The highest BCUT2D eigenvalue weighted by atomic mass is 16.5. The SMILES string of the molecule is CCn1cc(/C=C2\Oc3c(ccc(O)c3CN3CCCC[C@@H]3C)C2=O)c2cc(OC)ccc21. The topological polar surface area (TPSA) is 63.9 Å². The predicted molar refractivity (Wildman–Crippen MR) is 129 cm³/mol. The zero-order valence-electron chi connectivity index (χ0n) is 19.4. The summed E-state index contributed by atoms with van der Waals surface area (Å²) >= 11 is 0. The molecule has 3 heterocycles. The number of hydrogen-bond donors (Lipinski definition) is 1. The van der Waals surface area contributed by atoms with Gasteiger partial charge in [-0.2, -0.15) is 0 Å². The lowest BCUT2D eigenvalue weighted by Crippen LogP contribution is -2.36. The van der Waals surface area contributed by atoms with Crippen LogP contribution in [-0.4, -0.2) is 40.1 Å². The largest absolute Gasteiger partial charge is 0.507 e. The van der Waals surface area contributed by atoms with Crippen molar-refractivity contribution in [3.63, 3.8) is 0 Å². The first-order valence-corrected chi connectivity index (χ1v) is 11.7. The van der Waals surface area contributed by atoms with Crippen LogP contribution in [0.3, 0.4) is 0 Å². The zero-order valence-corrected chi connectivity index (χ0v) is 19.4. The molecular formula is C27H30N2O4. The number of ketones is 1. The Labute approximate surface area is 194 Å². The molecule has 3 aromatic rings. The molecule has 5 rings (SSSR count). The highest BCUT2D eigenvalue weighted by molar-refractivity contribution is 6.15. The number of hydrogen-bond acceptors (Lipinski definition) is 5. The van der Waals surface area contributed by atoms with Crippen molar-refractivity contribution in [2.75, 3.05) is 13.7 Å². The van der Waals surface area contributed by atoms with E-state index in [0.717, 1.165) is 48.1 Å². The summed E-state index contributed by atoms with van der Waals surface area (Å²) in [5.74, 6) is 1.55. The van der Waals surface area contributed by atoms with Gasteiger partial charge in [0, 0.05) is 41.8 Å². The second kappa shape index (κ2) is 8.60. The Bertz CT molecular complexity index is 1260. The number of likely N-dealkylation sites (tertiary alicyclic amines) is 1. The van der Waals surface area contributed by atoms with Crippen LogP contribution in [0.25, 0.3) is 17.0 Å². The van der Waals surface area contributed by atoms with Crippen LogP contribution in [0.15, 0.2) is 42.3 Å². The monoisotopic (exact) mass is 446 g/mol. The number of fused-ring (bicyclic) bond motifs is 2. The maximum Gasteiger partial charge on any atom is 0.231 e. The Morgan fingerprint density at radius 2 is 2.09 bits per heavy atom.